The van der Waals surface area contributed by atoms with Crippen molar-refractivity contribution in [3.05, 3.63) is 64.7 Å². The van der Waals surface area contributed by atoms with E-state index in [0.717, 1.165) is 55.6 Å². The second-order valence-corrected chi connectivity index (χ2v) is 12.6. The Kier molecular flexibility index (Phi) is 7.44. The Hall–Kier alpha value is -2.33. The highest BCUT2D eigenvalue weighted by atomic mass is 16.5. The molecule has 1 saturated carbocycles. The molecule has 3 aliphatic rings. The van der Waals surface area contributed by atoms with Crippen LogP contribution < -0.4 is 4.74 Å². The van der Waals surface area contributed by atoms with Gasteiger partial charge < -0.3 is 9.64 Å². The maximum absolute atomic E-state index is 13.2. The van der Waals surface area contributed by atoms with Gasteiger partial charge >= 0.3 is 0 Å². The number of fused-ring (bicyclic) bond motifs is 1. The normalized spacial score (nSPS) is 21.2. The molecule has 0 bridgehead atoms. The first kappa shape index (κ1) is 25.3. The van der Waals surface area contributed by atoms with Crippen molar-refractivity contribution in [2.45, 2.75) is 78.3 Å². The van der Waals surface area contributed by atoms with Crippen LogP contribution in [-0.2, 0) is 19.4 Å². The van der Waals surface area contributed by atoms with Gasteiger partial charge in [-0.2, -0.15) is 0 Å². The van der Waals surface area contributed by atoms with E-state index < -0.39 is 0 Å². The van der Waals surface area contributed by atoms with E-state index in [9.17, 15) is 4.79 Å². The summed E-state index contributed by atoms with van der Waals surface area (Å²) in [6.07, 6.45) is 8.20. The fraction of sp³-hybridized carbons (Fsp3) is 0.594. The van der Waals surface area contributed by atoms with Gasteiger partial charge in [-0.1, -0.05) is 39.0 Å². The van der Waals surface area contributed by atoms with Gasteiger partial charge in [-0.25, -0.2) is 0 Å². The van der Waals surface area contributed by atoms with Crippen molar-refractivity contribution in [2.24, 2.45) is 17.3 Å². The summed E-state index contributed by atoms with van der Waals surface area (Å²) in [6, 6.07) is 15.0. The zero-order valence-corrected chi connectivity index (χ0v) is 22.8. The lowest BCUT2D eigenvalue weighted by Gasteiger charge is -2.39. The number of piperidine rings is 1. The molecule has 0 radical (unpaired) electrons. The van der Waals surface area contributed by atoms with Gasteiger partial charge in [-0.3, -0.25) is 9.69 Å². The Bertz CT molecular complexity index is 1040. The molecule has 1 amide bonds. The Balaban J connectivity index is 1.14. The summed E-state index contributed by atoms with van der Waals surface area (Å²) in [4.78, 5) is 17.8. The molecular formula is C32H44N2O2. The van der Waals surface area contributed by atoms with Gasteiger partial charge in [0, 0.05) is 25.2 Å². The first-order valence-corrected chi connectivity index (χ1v) is 14.1. The number of nitrogens with zero attached hydrogens (tertiary/aromatic N) is 2. The first-order valence-electron chi connectivity index (χ1n) is 14.1. The number of hydrogen-bond donors (Lipinski definition) is 0. The molecule has 0 aromatic heterocycles. The lowest BCUT2D eigenvalue weighted by molar-refractivity contribution is 0.0718. The Morgan fingerprint density at radius 3 is 2.36 bits per heavy atom. The van der Waals surface area contributed by atoms with Crippen LogP contribution in [0.25, 0.3) is 0 Å². The fourth-order valence-electron chi connectivity index (χ4n) is 6.00. The minimum absolute atomic E-state index is 0.104. The molecule has 0 N–H and O–H groups in total. The zero-order chi connectivity index (χ0) is 25.3. The third-order valence-corrected chi connectivity index (χ3v) is 8.84. The molecule has 194 valence electrons. The molecular weight excluding hydrogens is 444 g/mol. The number of aryl methyl sites for hydroxylation is 1. The van der Waals surface area contributed by atoms with Crippen LogP contribution in [-0.4, -0.2) is 48.5 Å². The Labute approximate surface area is 218 Å². The molecule has 2 aliphatic carbocycles. The zero-order valence-electron chi connectivity index (χ0n) is 22.8. The number of likely N-dealkylation sites (N-methyl/N-ethyl adjacent to an activating group) is 1. The molecule has 2 aromatic carbocycles. The third-order valence-electron chi connectivity index (χ3n) is 8.84. The maximum Gasteiger partial charge on any atom is 0.253 e. The molecule has 36 heavy (non-hydrogen) atoms. The highest BCUT2D eigenvalue weighted by molar-refractivity contribution is 5.94. The molecule has 0 spiro atoms. The molecule has 2 fully saturated rings. The number of likely N-dealkylation sites (tertiary alicyclic amines) is 1. The van der Waals surface area contributed by atoms with Crippen molar-refractivity contribution in [1.29, 1.82) is 0 Å². The van der Waals surface area contributed by atoms with E-state index in [1.54, 1.807) is 0 Å². The summed E-state index contributed by atoms with van der Waals surface area (Å²) in [7, 11) is 1.96. The van der Waals surface area contributed by atoms with Gasteiger partial charge in [0.05, 0.1) is 6.61 Å². The Morgan fingerprint density at radius 1 is 0.972 bits per heavy atom. The van der Waals surface area contributed by atoms with Crippen molar-refractivity contribution in [2.75, 3.05) is 26.7 Å². The number of amides is 1. The number of benzene rings is 2. The lowest BCUT2D eigenvalue weighted by atomic mass is 9.75. The molecule has 1 aliphatic heterocycles. The van der Waals surface area contributed by atoms with E-state index in [-0.39, 0.29) is 11.9 Å². The van der Waals surface area contributed by atoms with Gasteiger partial charge in [-0.05, 0) is 116 Å². The van der Waals surface area contributed by atoms with Crippen LogP contribution in [0.15, 0.2) is 42.5 Å². The second kappa shape index (κ2) is 10.6. The molecule has 5 rings (SSSR count). The summed E-state index contributed by atoms with van der Waals surface area (Å²) < 4.78 is 5.83. The topological polar surface area (TPSA) is 32.8 Å². The number of carbonyl (C=O) groups excluding carboxylic acids is 1. The van der Waals surface area contributed by atoms with E-state index in [4.69, 9.17) is 4.74 Å². The highest BCUT2D eigenvalue weighted by Gasteiger charge is 2.29. The Morgan fingerprint density at radius 2 is 1.69 bits per heavy atom. The van der Waals surface area contributed by atoms with E-state index in [1.165, 1.54) is 55.5 Å². The summed E-state index contributed by atoms with van der Waals surface area (Å²) in [6.45, 7) is 11.4. The SMILES string of the molecule is CN(C(=O)c1ccc(OCC2CC2)cc1)[C@H]1CCc2cc(CN3CCC(C(C)(C)C)CC3)ccc2C1. The summed E-state index contributed by atoms with van der Waals surface area (Å²) in [5, 5.41) is 0. The quantitative estimate of drug-likeness (QED) is 0.454. The van der Waals surface area contributed by atoms with Crippen LogP contribution in [0.3, 0.4) is 0 Å². The van der Waals surface area contributed by atoms with Gasteiger partial charge in [-0.15, -0.1) is 0 Å². The highest BCUT2D eigenvalue weighted by Crippen LogP contribution is 2.35. The van der Waals surface area contributed by atoms with E-state index in [1.807, 2.05) is 36.2 Å². The molecule has 4 nitrogen and oxygen atoms in total. The molecule has 1 saturated heterocycles. The largest absolute Gasteiger partial charge is 0.493 e. The lowest BCUT2D eigenvalue weighted by Crippen LogP contribution is -2.40. The summed E-state index contributed by atoms with van der Waals surface area (Å²) in [5.41, 5.74) is 5.50. The van der Waals surface area contributed by atoms with Crippen LogP contribution >= 0.6 is 0 Å². The van der Waals surface area contributed by atoms with Crippen LogP contribution in [0.2, 0.25) is 0 Å². The average Bonchev–Trinajstić information content (AvgIpc) is 3.71. The van der Waals surface area contributed by atoms with Gasteiger partial charge in [0.25, 0.3) is 5.91 Å². The van der Waals surface area contributed by atoms with Crippen LogP contribution in [0.5, 0.6) is 5.75 Å². The monoisotopic (exact) mass is 488 g/mol. The average molecular weight is 489 g/mol. The van der Waals surface area contributed by atoms with Crippen molar-refractivity contribution in [3.8, 4) is 5.75 Å². The van der Waals surface area contributed by atoms with Crippen molar-refractivity contribution in [1.82, 2.24) is 9.80 Å². The third kappa shape index (κ3) is 6.14. The predicted octanol–water partition coefficient (Wildman–Crippen LogP) is 6.36. The van der Waals surface area contributed by atoms with Crippen LogP contribution in [0.4, 0.5) is 0 Å². The van der Waals surface area contributed by atoms with Gasteiger partial charge in [0.15, 0.2) is 0 Å². The van der Waals surface area contributed by atoms with Crippen molar-refractivity contribution >= 4 is 5.91 Å². The molecule has 2 aromatic rings. The number of hydrogen-bond acceptors (Lipinski definition) is 3. The minimum atomic E-state index is 0.104. The second-order valence-electron chi connectivity index (χ2n) is 12.6. The van der Waals surface area contributed by atoms with Crippen LogP contribution in [0.1, 0.15) is 79.9 Å². The molecule has 4 heteroatoms. The molecule has 1 atom stereocenters. The summed E-state index contributed by atoms with van der Waals surface area (Å²) >= 11 is 0. The first-order chi connectivity index (χ1) is 17.3. The van der Waals surface area contributed by atoms with E-state index in [0.29, 0.717) is 5.41 Å². The number of rotatable bonds is 7. The summed E-state index contributed by atoms with van der Waals surface area (Å²) in [5.74, 6) is 2.54. The molecule has 1 heterocycles. The van der Waals surface area contributed by atoms with E-state index >= 15 is 0 Å². The number of ether oxygens (including phenoxy) is 1. The van der Waals surface area contributed by atoms with Gasteiger partial charge in [0.2, 0.25) is 0 Å². The predicted molar refractivity (Wildman–Crippen MR) is 146 cm³/mol. The van der Waals surface area contributed by atoms with Gasteiger partial charge in [0.1, 0.15) is 5.75 Å². The fourth-order valence-corrected chi connectivity index (χ4v) is 6.00. The minimum Gasteiger partial charge on any atom is -0.493 e. The van der Waals surface area contributed by atoms with E-state index in [2.05, 4.69) is 43.9 Å². The molecule has 0 unspecified atom stereocenters. The number of carbonyl (C=O) groups is 1. The smallest absolute Gasteiger partial charge is 0.253 e. The van der Waals surface area contributed by atoms with Crippen LogP contribution in [0, 0.1) is 17.3 Å². The maximum atomic E-state index is 13.2. The standard InChI is InChI=1S/C32H44N2O2/c1-32(2,3)28-15-17-34(18-16-28)21-24-7-8-27-20-29(12-9-26(27)19-24)33(4)31(35)25-10-13-30(14-11-25)36-22-23-5-6-23/h7-8,10-11,13-14,19,23,28-29H,5-6,9,12,15-18,20-22H2,1-4H3/t29-/m0/s1. The van der Waals surface area contributed by atoms with Crippen molar-refractivity contribution < 1.29 is 9.53 Å². The van der Waals surface area contributed by atoms with Crippen molar-refractivity contribution in [3.63, 3.8) is 0 Å².